The molecule has 4 rings (SSSR count). The molecule has 1 aliphatic carbocycles. The molecule has 0 spiro atoms. The number of anilines is 1. The Morgan fingerprint density at radius 2 is 1.85 bits per heavy atom. The van der Waals surface area contributed by atoms with Gasteiger partial charge in [-0.15, -0.1) is 10.2 Å². The number of nitrogens with one attached hydrogen (secondary N) is 1. The van der Waals surface area contributed by atoms with E-state index in [9.17, 15) is 4.79 Å². The summed E-state index contributed by atoms with van der Waals surface area (Å²) in [5.74, 6) is 1.84. The smallest absolute Gasteiger partial charge is 0.225 e. The van der Waals surface area contributed by atoms with E-state index in [0.717, 1.165) is 50.4 Å². The normalized spacial score (nSPS) is 21.5. The van der Waals surface area contributed by atoms with Gasteiger partial charge in [-0.25, -0.2) is 4.98 Å². The minimum Gasteiger partial charge on any atom is -0.354 e. The largest absolute Gasteiger partial charge is 0.354 e. The molecular weight excluding hydrogens is 328 g/mol. The van der Waals surface area contributed by atoms with Crippen LogP contribution >= 0.6 is 0 Å². The van der Waals surface area contributed by atoms with Gasteiger partial charge in [0, 0.05) is 31.5 Å². The topological polar surface area (TPSA) is 75.9 Å². The molecule has 2 aromatic rings. The summed E-state index contributed by atoms with van der Waals surface area (Å²) in [6.45, 7) is 1.64. The van der Waals surface area contributed by atoms with Crippen molar-refractivity contribution in [2.24, 2.45) is 5.92 Å². The van der Waals surface area contributed by atoms with Gasteiger partial charge in [0.05, 0.1) is 5.92 Å². The van der Waals surface area contributed by atoms with Crippen molar-refractivity contribution in [3.8, 4) is 5.82 Å². The van der Waals surface area contributed by atoms with Gasteiger partial charge >= 0.3 is 0 Å². The lowest BCUT2D eigenvalue weighted by Gasteiger charge is -2.34. The highest BCUT2D eigenvalue weighted by atomic mass is 16.2. The van der Waals surface area contributed by atoms with Crippen LogP contribution in [0.5, 0.6) is 0 Å². The fraction of sp³-hybridized carbons (Fsp3) is 0.579. The number of aromatic nitrogens is 4. The van der Waals surface area contributed by atoms with Gasteiger partial charge < -0.3 is 10.2 Å². The molecule has 1 unspecified atom stereocenters. The highest BCUT2D eigenvalue weighted by Gasteiger charge is 2.28. The van der Waals surface area contributed by atoms with Crippen LogP contribution in [0, 0.1) is 5.92 Å². The Hall–Kier alpha value is -2.44. The number of amides is 1. The molecule has 26 heavy (non-hydrogen) atoms. The standard InChI is InChI=1S/C19H26N6O/c26-19(21-16-6-2-1-3-7-16)15-5-4-11-24(13-15)17-8-9-18(23-22-17)25-12-10-20-14-25/h8-10,12,14-16H,1-7,11,13H2,(H,21,26). The molecule has 7 heteroatoms. The Kier molecular flexibility index (Phi) is 5.13. The van der Waals surface area contributed by atoms with Gasteiger partial charge in [-0.1, -0.05) is 19.3 Å². The third-order valence-electron chi connectivity index (χ3n) is 5.47. The van der Waals surface area contributed by atoms with Crippen molar-refractivity contribution in [2.75, 3.05) is 18.0 Å². The molecule has 2 aromatic heterocycles. The number of carbonyl (C=O) groups excluding carboxylic acids is 1. The fourth-order valence-corrected chi connectivity index (χ4v) is 3.98. The van der Waals surface area contributed by atoms with E-state index in [-0.39, 0.29) is 11.8 Å². The lowest BCUT2D eigenvalue weighted by Crippen LogP contribution is -2.46. The average molecular weight is 354 g/mol. The summed E-state index contributed by atoms with van der Waals surface area (Å²) in [6, 6.07) is 4.29. The molecule has 1 atom stereocenters. The van der Waals surface area contributed by atoms with Gasteiger partial charge in [0.25, 0.3) is 0 Å². The van der Waals surface area contributed by atoms with Gasteiger partial charge in [0.2, 0.25) is 5.91 Å². The maximum atomic E-state index is 12.7. The Morgan fingerprint density at radius 3 is 2.58 bits per heavy atom. The molecule has 0 bridgehead atoms. The molecule has 138 valence electrons. The SMILES string of the molecule is O=C(NC1CCCCC1)C1CCCN(c2ccc(-n3ccnc3)nn2)C1. The van der Waals surface area contributed by atoms with Crippen LogP contribution in [-0.4, -0.2) is 44.8 Å². The lowest BCUT2D eigenvalue weighted by molar-refractivity contribution is -0.126. The van der Waals surface area contributed by atoms with Crippen LogP contribution in [-0.2, 0) is 4.79 Å². The average Bonchev–Trinajstić information content (AvgIpc) is 3.24. The van der Waals surface area contributed by atoms with Crippen LogP contribution in [0.3, 0.4) is 0 Å². The summed E-state index contributed by atoms with van der Waals surface area (Å²) < 4.78 is 1.83. The number of hydrogen-bond acceptors (Lipinski definition) is 5. The third-order valence-corrected chi connectivity index (χ3v) is 5.47. The minimum absolute atomic E-state index is 0.0424. The molecular formula is C19H26N6O. The van der Waals surface area contributed by atoms with E-state index in [1.807, 2.05) is 22.9 Å². The second-order valence-electron chi connectivity index (χ2n) is 7.35. The zero-order chi connectivity index (χ0) is 17.8. The maximum Gasteiger partial charge on any atom is 0.225 e. The van der Waals surface area contributed by atoms with Crippen molar-refractivity contribution in [3.63, 3.8) is 0 Å². The zero-order valence-electron chi connectivity index (χ0n) is 15.0. The molecule has 1 N–H and O–H groups in total. The van der Waals surface area contributed by atoms with Crippen molar-refractivity contribution < 1.29 is 4.79 Å². The Labute approximate surface area is 153 Å². The molecule has 1 aliphatic heterocycles. The number of nitrogens with zero attached hydrogens (tertiary/aromatic N) is 5. The zero-order valence-corrected chi connectivity index (χ0v) is 15.0. The molecule has 0 aromatic carbocycles. The Balaban J connectivity index is 1.37. The number of hydrogen-bond donors (Lipinski definition) is 1. The fourth-order valence-electron chi connectivity index (χ4n) is 3.98. The summed E-state index contributed by atoms with van der Waals surface area (Å²) in [6.07, 6.45) is 13.3. The van der Waals surface area contributed by atoms with Crippen molar-refractivity contribution in [1.82, 2.24) is 25.1 Å². The molecule has 1 amide bonds. The molecule has 1 saturated carbocycles. The maximum absolute atomic E-state index is 12.7. The van der Waals surface area contributed by atoms with Gasteiger partial charge in [0.1, 0.15) is 6.33 Å². The van der Waals surface area contributed by atoms with Crippen molar-refractivity contribution in [2.45, 2.75) is 51.0 Å². The highest BCUT2D eigenvalue weighted by molar-refractivity contribution is 5.79. The van der Waals surface area contributed by atoms with Crippen LogP contribution < -0.4 is 10.2 Å². The van der Waals surface area contributed by atoms with Crippen molar-refractivity contribution in [1.29, 1.82) is 0 Å². The van der Waals surface area contributed by atoms with E-state index in [1.54, 1.807) is 12.5 Å². The van der Waals surface area contributed by atoms with Crippen LogP contribution in [0.25, 0.3) is 5.82 Å². The van der Waals surface area contributed by atoms with Crippen LogP contribution in [0.15, 0.2) is 30.9 Å². The van der Waals surface area contributed by atoms with E-state index in [4.69, 9.17) is 0 Å². The van der Waals surface area contributed by atoms with Crippen LogP contribution in [0.1, 0.15) is 44.9 Å². The van der Waals surface area contributed by atoms with E-state index < -0.39 is 0 Å². The number of piperidine rings is 1. The summed E-state index contributed by atoms with van der Waals surface area (Å²) >= 11 is 0. The molecule has 2 aliphatic rings. The first-order valence-electron chi connectivity index (χ1n) is 9.67. The molecule has 1 saturated heterocycles. The lowest BCUT2D eigenvalue weighted by atomic mass is 9.93. The van der Waals surface area contributed by atoms with Gasteiger partial charge in [-0.2, -0.15) is 0 Å². The second-order valence-corrected chi connectivity index (χ2v) is 7.35. The first-order valence-corrected chi connectivity index (χ1v) is 9.67. The summed E-state index contributed by atoms with van der Waals surface area (Å²) in [5.41, 5.74) is 0. The van der Waals surface area contributed by atoms with Crippen molar-refractivity contribution >= 4 is 11.7 Å². The van der Waals surface area contributed by atoms with E-state index in [0.29, 0.717) is 6.04 Å². The van der Waals surface area contributed by atoms with Crippen LogP contribution in [0.2, 0.25) is 0 Å². The van der Waals surface area contributed by atoms with Crippen LogP contribution in [0.4, 0.5) is 5.82 Å². The first-order chi connectivity index (χ1) is 12.8. The molecule has 0 radical (unpaired) electrons. The van der Waals surface area contributed by atoms with E-state index in [1.165, 1.54) is 19.3 Å². The number of rotatable bonds is 4. The van der Waals surface area contributed by atoms with E-state index in [2.05, 4.69) is 25.4 Å². The van der Waals surface area contributed by atoms with Gasteiger partial charge in [-0.05, 0) is 37.8 Å². The third kappa shape index (κ3) is 3.86. The van der Waals surface area contributed by atoms with Gasteiger partial charge in [-0.3, -0.25) is 9.36 Å². The summed E-state index contributed by atoms with van der Waals surface area (Å²) in [7, 11) is 0. The first kappa shape index (κ1) is 17.0. The molecule has 3 heterocycles. The molecule has 7 nitrogen and oxygen atoms in total. The predicted octanol–water partition coefficient (Wildman–Crippen LogP) is 2.33. The van der Waals surface area contributed by atoms with E-state index >= 15 is 0 Å². The molecule has 2 fully saturated rings. The van der Waals surface area contributed by atoms with Crippen molar-refractivity contribution in [3.05, 3.63) is 30.9 Å². The highest BCUT2D eigenvalue weighted by Crippen LogP contribution is 2.23. The Bertz CT molecular complexity index is 708. The summed E-state index contributed by atoms with van der Waals surface area (Å²) in [5, 5.41) is 11.9. The second kappa shape index (κ2) is 7.85. The van der Waals surface area contributed by atoms with Gasteiger partial charge in [0.15, 0.2) is 11.6 Å². The monoisotopic (exact) mass is 354 g/mol. The predicted molar refractivity (Wildman–Crippen MR) is 99.1 cm³/mol. The quantitative estimate of drug-likeness (QED) is 0.912. The summed E-state index contributed by atoms with van der Waals surface area (Å²) in [4.78, 5) is 18.9. The number of carbonyl (C=O) groups is 1. The minimum atomic E-state index is 0.0424. The number of imidazole rings is 1. The Morgan fingerprint density at radius 1 is 1.04 bits per heavy atom.